The molecular weight excluding hydrogens is 216 g/mol. The summed E-state index contributed by atoms with van der Waals surface area (Å²) < 4.78 is 5.82. The van der Waals surface area contributed by atoms with Gasteiger partial charge in [-0.1, -0.05) is 30.3 Å². The zero-order chi connectivity index (χ0) is 11.8. The van der Waals surface area contributed by atoms with Crippen molar-refractivity contribution in [3.63, 3.8) is 0 Å². The highest BCUT2D eigenvalue weighted by Gasteiger charge is 2.60. The summed E-state index contributed by atoms with van der Waals surface area (Å²) >= 11 is 0. The quantitative estimate of drug-likeness (QED) is 0.866. The lowest BCUT2D eigenvalue weighted by atomic mass is 10.1. The molecule has 0 radical (unpaired) electrons. The lowest BCUT2D eigenvalue weighted by Crippen LogP contribution is -2.15. The zero-order valence-electron chi connectivity index (χ0n) is 9.58. The maximum absolute atomic E-state index is 10.8. The number of hydrogen-bond acceptors (Lipinski definition) is 2. The molecular formula is C14H16O3. The van der Waals surface area contributed by atoms with Crippen LogP contribution in [-0.2, 0) is 16.1 Å². The Balaban J connectivity index is 1.47. The first kappa shape index (κ1) is 10.8. The van der Waals surface area contributed by atoms with Gasteiger partial charge in [0, 0.05) is 0 Å². The second-order valence-electron chi connectivity index (χ2n) is 5.08. The van der Waals surface area contributed by atoms with E-state index in [1.54, 1.807) is 0 Å². The van der Waals surface area contributed by atoms with Crippen LogP contribution >= 0.6 is 0 Å². The van der Waals surface area contributed by atoms with Crippen LogP contribution in [-0.4, -0.2) is 17.2 Å². The second kappa shape index (κ2) is 4.15. The lowest BCUT2D eigenvalue weighted by molar-refractivity contribution is -0.139. The first-order valence-corrected chi connectivity index (χ1v) is 6.14. The molecule has 0 amide bonds. The van der Waals surface area contributed by atoms with Gasteiger partial charge >= 0.3 is 5.97 Å². The Labute approximate surface area is 100 Å². The van der Waals surface area contributed by atoms with Crippen LogP contribution in [0.1, 0.15) is 18.4 Å². The van der Waals surface area contributed by atoms with E-state index in [2.05, 4.69) is 12.1 Å². The zero-order valence-corrected chi connectivity index (χ0v) is 9.58. The first-order valence-electron chi connectivity index (χ1n) is 6.14. The van der Waals surface area contributed by atoms with Gasteiger partial charge in [0.05, 0.1) is 18.6 Å². The summed E-state index contributed by atoms with van der Waals surface area (Å²) in [6.45, 7) is 0.642. The van der Waals surface area contributed by atoms with Crippen LogP contribution in [0.15, 0.2) is 30.3 Å². The second-order valence-corrected chi connectivity index (χ2v) is 5.08. The Morgan fingerprint density at radius 3 is 2.47 bits per heavy atom. The molecule has 1 N–H and O–H groups in total. The minimum atomic E-state index is -0.624. The highest BCUT2D eigenvalue weighted by Crippen LogP contribution is 2.58. The van der Waals surface area contributed by atoms with Crippen LogP contribution < -0.4 is 0 Å². The highest BCUT2D eigenvalue weighted by atomic mass is 16.5. The molecule has 0 heterocycles. The SMILES string of the molecule is O=C(O)C1C2CC(OCc3ccccc3)CC21. The van der Waals surface area contributed by atoms with Crippen LogP contribution in [0.25, 0.3) is 0 Å². The molecule has 2 aliphatic carbocycles. The predicted octanol–water partition coefficient (Wildman–Crippen LogP) is 2.31. The molecule has 0 saturated heterocycles. The van der Waals surface area contributed by atoms with Gasteiger partial charge in [0.15, 0.2) is 0 Å². The molecule has 1 aromatic rings. The number of aliphatic carboxylic acids is 1. The topological polar surface area (TPSA) is 46.5 Å². The van der Waals surface area contributed by atoms with Gasteiger partial charge in [0.1, 0.15) is 0 Å². The molecule has 1 aromatic carbocycles. The molecule has 3 rings (SSSR count). The highest BCUT2D eigenvalue weighted by molar-refractivity contribution is 5.74. The number of benzene rings is 1. The van der Waals surface area contributed by atoms with Crippen LogP contribution in [0.2, 0.25) is 0 Å². The van der Waals surface area contributed by atoms with Crippen LogP contribution in [0, 0.1) is 17.8 Å². The summed E-state index contributed by atoms with van der Waals surface area (Å²) in [6.07, 6.45) is 2.11. The van der Waals surface area contributed by atoms with Crippen molar-refractivity contribution in [2.75, 3.05) is 0 Å². The van der Waals surface area contributed by atoms with Crippen molar-refractivity contribution in [2.45, 2.75) is 25.6 Å². The third-order valence-corrected chi connectivity index (χ3v) is 4.02. The molecule has 90 valence electrons. The van der Waals surface area contributed by atoms with Gasteiger partial charge in [-0.25, -0.2) is 0 Å². The summed E-state index contributed by atoms with van der Waals surface area (Å²) in [5, 5.41) is 8.91. The molecule has 0 bridgehead atoms. The Bertz CT molecular complexity index is 403. The van der Waals surface area contributed by atoms with Crippen molar-refractivity contribution in [1.82, 2.24) is 0 Å². The fraction of sp³-hybridized carbons (Fsp3) is 0.500. The van der Waals surface area contributed by atoms with Crippen molar-refractivity contribution >= 4 is 5.97 Å². The number of ether oxygens (including phenoxy) is 1. The number of fused-ring (bicyclic) bond motifs is 1. The van der Waals surface area contributed by atoms with Gasteiger partial charge in [-0.3, -0.25) is 4.79 Å². The van der Waals surface area contributed by atoms with Crippen molar-refractivity contribution < 1.29 is 14.6 Å². The maximum atomic E-state index is 10.8. The monoisotopic (exact) mass is 232 g/mol. The summed E-state index contributed by atoms with van der Waals surface area (Å²) in [6, 6.07) is 10.1. The van der Waals surface area contributed by atoms with E-state index in [0.29, 0.717) is 18.4 Å². The van der Waals surface area contributed by atoms with Crippen molar-refractivity contribution in [1.29, 1.82) is 0 Å². The molecule has 0 aromatic heterocycles. The number of carboxylic acid groups (broad SMARTS) is 1. The summed E-state index contributed by atoms with van der Waals surface area (Å²) in [7, 11) is 0. The average molecular weight is 232 g/mol. The van der Waals surface area contributed by atoms with Gasteiger partial charge in [-0.15, -0.1) is 0 Å². The fourth-order valence-electron chi connectivity index (χ4n) is 3.08. The number of hydrogen-bond donors (Lipinski definition) is 1. The molecule has 3 nitrogen and oxygen atoms in total. The van der Waals surface area contributed by atoms with Crippen LogP contribution in [0.5, 0.6) is 0 Å². The van der Waals surface area contributed by atoms with Crippen LogP contribution in [0.4, 0.5) is 0 Å². The van der Waals surface area contributed by atoms with E-state index in [1.807, 2.05) is 18.2 Å². The molecule has 2 fully saturated rings. The molecule has 3 heteroatoms. The normalized spacial score (nSPS) is 34.4. The van der Waals surface area contributed by atoms with Crippen LogP contribution in [0.3, 0.4) is 0 Å². The van der Waals surface area contributed by atoms with Crippen molar-refractivity contribution in [3.8, 4) is 0 Å². The van der Waals surface area contributed by atoms with E-state index in [1.165, 1.54) is 5.56 Å². The Hall–Kier alpha value is -1.35. The molecule has 0 spiro atoms. The smallest absolute Gasteiger partial charge is 0.307 e. The van der Waals surface area contributed by atoms with Crippen molar-refractivity contribution in [3.05, 3.63) is 35.9 Å². The van der Waals surface area contributed by atoms with E-state index >= 15 is 0 Å². The third kappa shape index (κ3) is 2.07. The number of carbonyl (C=O) groups is 1. The first-order chi connectivity index (χ1) is 8.25. The van der Waals surface area contributed by atoms with E-state index in [4.69, 9.17) is 9.84 Å². The van der Waals surface area contributed by atoms with Gasteiger partial charge in [-0.2, -0.15) is 0 Å². The van der Waals surface area contributed by atoms with E-state index in [0.717, 1.165) is 12.8 Å². The standard InChI is InChI=1S/C14H16O3/c15-14(16)13-11-6-10(7-12(11)13)17-8-9-4-2-1-3-5-9/h1-5,10-13H,6-8H2,(H,15,16). The Kier molecular flexibility index (Phi) is 2.63. The van der Waals surface area contributed by atoms with Gasteiger partial charge < -0.3 is 9.84 Å². The Morgan fingerprint density at radius 1 is 1.24 bits per heavy atom. The average Bonchev–Trinajstić information content (AvgIpc) is 2.86. The van der Waals surface area contributed by atoms with Gasteiger partial charge in [0.2, 0.25) is 0 Å². The van der Waals surface area contributed by atoms with E-state index in [9.17, 15) is 4.79 Å². The summed E-state index contributed by atoms with van der Waals surface area (Å²) in [5.74, 6) is 0.0645. The predicted molar refractivity (Wildman–Crippen MR) is 62.4 cm³/mol. The molecule has 2 saturated carbocycles. The third-order valence-electron chi connectivity index (χ3n) is 4.02. The Morgan fingerprint density at radius 2 is 1.88 bits per heavy atom. The molecule has 0 aliphatic heterocycles. The minimum Gasteiger partial charge on any atom is -0.481 e. The fourth-order valence-corrected chi connectivity index (χ4v) is 3.08. The lowest BCUT2D eigenvalue weighted by Gasteiger charge is -2.14. The molecule has 17 heavy (non-hydrogen) atoms. The minimum absolute atomic E-state index is 0.0772. The van der Waals surface area contributed by atoms with E-state index in [-0.39, 0.29) is 12.0 Å². The number of rotatable bonds is 4. The summed E-state index contributed by atoms with van der Waals surface area (Å²) in [5.41, 5.74) is 1.18. The van der Waals surface area contributed by atoms with Gasteiger partial charge in [0.25, 0.3) is 0 Å². The van der Waals surface area contributed by atoms with Gasteiger partial charge in [-0.05, 0) is 30.2 Å². The maximum Gasteiger partial charge on any atom is 0.307 e. The molecule has 2 aliphatic rings. The number of carboxylic acids is 1. The molecule has 2 unspecified atom stereocenters. The summed E-state index contributed by atoms with van der Waals surface area (Å²) in [4.78, 5) is 10.8. The van der Waals surface area contributed by atoms with Crippen molar-refractivity contribution in [2.24, 2.45) is 17.8 Å². The largest absolute Gasteiger partial charge is 0.481 e. The molecule has 2 atom stereocenters. The van der Waals surface area contributed by atoms with E-state index < -0.39 is 5.97 Å².